The highest BCUT2D eigenvalue weighted by molar-refractivity contribution is 9.10. The molecule has 6 nitrogen and oxygen atoms in total. The van der Waals surface area contributed by atoms with E-state index in [1.54, 1.807) is 17.0 Å². The molecule has 2 rings (SSSR count). The fraction of sp³-hybridized carbons (Fsp3) is 0.471. The predicted molar refractivity (Wildman–Crippen MR) is 92.7 cm³/mol. The van der Waals surface area contributed by atoms with Crippen LogP contribution in [0.15, 0.2) is 28.7 Å². The van der Waals surface area contributed by atoms with Crippen molar-refractivity contribution in [3.05, 3.63) is 34.3 Å². The Labute approximate surface area is 149 Å². The molecule has 130 valence electrons. The first-order valence-electron chi connectivity index (χ1n) is 7.92. The molecule has 0 saturated carbocycles. The summed E-state index contributed by atoms with van der Waals surface area (Å²) < 4.78 is 0.852. The van der Waals surface area contributed by atoms with E-state index in [2.05, 4.69) is 15.9 Å². The molecule has 24 heavy (non-hydrogen) atoms. The second kappa shape index (κ2) is 8.28. The Morgan fingerprint density at radius 2 is 2.04 bits per heavy atom. The van der Waals surface area contributed by atoms with Crippen molar-refractivity contribution in [2.45, 2.75) is 32.2 Å². The fourth-order valence-corrected chi connectivity index (χ4v) is 3.44. The number of carbonyl (C=O) groups excluding carboxylic acids is 2. The van der Waals surface area contributed by atoms with Crippen LogP contribution >= 0.6 is 15.9 Å². The maximum Gasteiger partial charge on any atom is 0.323 e. The molecule has 1 N–H and O–H groups in total. The Hall–Kier alpha value is -1.89. The number of halogens is 1. The molecule has 1 saturated heterocycles. The highest BCUT2D eigenvalue weighted by atomic mass is 79.9. The number of hydrogen-bond donors (Lipinski definition) is 1. The van der Waals surface area contributed by atoms with Gasteiger partial charge in [0.05, 0.1) is 0 Å². The van der Waals surface area contributed by atoms with E-state index in [0.717, 1.165) is 10.9 Å². The van der Waals surface area contributed by atoms with Gasteiger partial charge >= 0.3 is 5.97 Å². The standard InChI is InChI=1S/C17H21BrN2O4/c1-12(21)20(11-16(22)23)15-6-3-8-19(9-7-15)17(24)13-4-2-5-14(18)10-13/h2,4-5,10,15H,3,6-9,11H2,1H3,(H,22,23). The lowest BCUT2D eigenvalue weighted by Gasteiger charge is -2.28. The third-order valence-electron chi connectivity index (χ3n) is 4.21. The highest BCUT2D eigenvalue weighted by Gasteiger charge is 2.27. The molecule has 1 fully saturated rings. The van der Waals surface area contributed by atoms with Crippen LogP contribution in [0.3, 0.4) is 0 Å². The van der Waals surface area contributed by atoms with E-state index >= 15 is 0 Å². The zero-order valence-corrected chi connectivity index (χ0v) is 15.2. The smallest absolute Gasteiger partial charge is 0.323 e. The second-order valence-electron chi connectivity index (χ2n) is 5.93. The molecule has 0 radical (unpaired) electrons. The molecule has 0 spiro atoms. The minimum atomic E-state index is -1.02. The van der Waals surface area contributed by atoms with Crippen molar-refractivity contribution in [2.75, 3.05) is 19.6 Å². The minimum absolute atomic E-state index is 0.0374. The zero-order valence-electron chi connectivity index (χ0n) is 13.6. The topological polar surface area (TPSA) is 77.9 Å². The molecular formula is C17H21BrN2O4. The van der Waals surface area contributed by atoms with Gasteiger partial charge in [-0.2, -0.15) is 0 Å². The summed E-state index contributed by atoms with van der Waals surface area (Å²) >= 11 is 3.37. The molecule has 1 unspecified atom stereocenters. The quantitative estimate of drug-likeness (QED) is 0.847. The number of likely N-dealkylation sites (tertiary alicyclic amines) is 1. The summed E-state index contributed by atoms with van der Waals surface area (Å²) in [5, 5.41) is 8.99. The van der Waals surface area contributed by atoms with Crippen LogP contribution in [-0.2, 0) is 9.59 Å². The number of nitrogens with zero attached hydrogens (tertiary/aromatic N) is 2. The highest BCUT2D eigenvalue weighted by Crippen LogP contribution is 2.20. The van der Waals surface area contributed by atoms with Crippen molar-refractivity contribution in [3.63, 3.8) is 0 Å². The summed E-state index contributed by atoms with van der Waals surface area (Å²) in [6.45, 7) is 2.22. The van der Waals surface area contributed by atoms with Gasteiger partial charge in [-0.3, -0.25) is 14.4 Å². The number of benzene rings is 1. The van der Waals surface area contributed by atoms with Crippen LogP contribution in [0.1, 0.15) is 36.5 Å². The van der Waals surface area contributed by atoms with Crippen LogP contribution < -0.4 is 0 Å². The van der Waals surface area contributed by atoms with Gasteiger partial charge < -0.3 is 14.9 Å². The Bertz CT molecular complexity index is 635. The van der Waals surface area contributed by atoms with E-state index in [9.17, 15) is 14.4 Å². The van der Waals surface area contributed by atoms with E-state index in [1.807, 2.05) is 12.1 Å². The molecule has 1 aliphatic rings. The normalized spacial score (nSPS) is 17.9. The molecule has 1 heterocycles. The number of aliphatic carboxylic acids is 1. The van der Waals surface area contributed by atoms with Gasteiger partial charge in [-0.05, 0) is 37.5 Å². The Kier molecular flexibility index (Phi) is 6.36. The average Bonchev–Trinajstić information content (AvgIpc) is 2.77. The van der Waals surface area contributed by atoms with Crippen LogP contribution in [0.4, 0.5) is 0 Å². The van der Waals surface area contributed by atoms with Gasteiger partial charge in [0, 0.05) is 36.1 Å². The number of hydrogen-bond acceptors (Lipinski definition) is 3. The molecule has 1 aliphatic heterocycles. The summed E-state index contributed by atoms with van der Waals surface area (Å²) in [4.78, 5) is 38.5. The SMILES string of the molecule is CC(=O)N(CC(=O)O)C1CCCN(C(=O)c2cccc(Br)c2)CC1. The summed E-state index contributed by atoms with van der Waals surface area (Å²) in [6.07, 6.45) is 2.04. The maximum absolute atomic E-state index is 12.6. The van der Waals surface area contributed by atoms with Crippen LogP contribution in [-0.4, -0.2) is 58.4 Å². The van der Waals surface area contributed by atoms with Crippen molar-refractivity contribution < 1.29 is 19.5 Å². The Morgan fingerprint density at radius 1 is 1.29 bits per heavy atom. The monoisotopic (exact) mass is 396 g/mol. The van der Waals surface area contributed by atoms with Crippen molar-refractivity contribution >= 4 is 33.7 Å². The van der Waals surface area contributed by atoms with E-state index in [1.165, 1.54) is 11.8 Å². The molecule has 0 aliphatic carbocycles. The lowest BCUT2D eigenvalue weighted by molar-refractivity contribution is -0.145. The van der Waals surface area contributed by atoms with Crippen molar-refractivity contribution in [3.8, 4) is 0 Å². The molecule has 0 aromatic heterocycles. The Morgan fingerprint density at radius 3 is 2.67 bits per heavy atom. The minimum Gasteiger partial charge on any atom is -0.480 e. The number of carbonyl (C=O) groups is 3. The van der Waals surface area contributed by atoms with Crippen molar-refractivity contribution in [2.24, 2.45) is 0 Å². The van der Waals surface area contributed by atoms with Crippen molar-refractivity contribution in [1.82, 2.24) is 9.80 Å². The van der Waals surface area contributed by atoms with Gasteiger partial charge in [0.1, 0.15) is 6.54 Å². The van der Waals surface area contributed by atoms with E-state index in [4.69, 9.17) is 5.11 Å². The molecule has 1 aromatic rings. The van der Waals surface area contributed by atoms with Gasteiger partial charge in [0.25, 0.3) is 5.91 Å². The van der Waals surface area contributed by atoms with Crippen LogP contribution in [0.2, 0.25) is 0 Å². The van der Waals surface area contributed by atoms with Gasteiger partial charge in [-0.1, -0.05) is 22.0 Å². The zero-order chi connectivity index (χ0) is 17.7. The number of carboxylic acid groups (broad SMARTS) is 1. The fourth-order valence-electron chi connectivity index (χ4n) is 3.04. The lowest BCUT2D eigenvalue weighted by atomic mass is 10.1. The third-order valence-corrected chi connectivity index (χ3v) is 4.70. The summed E-state index contributed by atoms with van der Waals surface area (Å²) in [6, 6.07) is 7.12. The van der Waals surface area contributed by atoms with Gasteiger partial charge in [0.15, 0.2) is 0 Å². The first-order chi connectivity index (χ1) is 11.4. The molecule has 2 amide bonds. The number of rotatable bonds is 4. The van der Waals surface area contributed by atoms with Crippen molar-refractivity contribution in [1.29, 1.82) is 0 Å². The molecule has 7 heteroatoms. The van der Waals surface area contributed by atoms with E-state index < -0.39 is 5.97 Å². The molecule has 0 bridgehead atoms. The third kappa shape index (κ3) is 4.80. The molecular weight excluding hydrogens is 376 g/mol. The summed E-state index contributed by atoms with van der Waals surface area (Å²) in [5.41, 5.74) is 0.622. The van der Waals surface area contributed by atoms with Crippen LogP contribution in [0, 0.1) is 0 Å². The predicted octanol–water partition coefficient (Wildman–Crippen LogP) is 2.38. The van der Waals surface area contributed by atoms with E-state index in [0.29, 0.717) is 31.5 Å². The van der Waals surface area contributed by atoms with E-state index in [-0.39, 0.29) is 24.4 Å². The van der Waals surface area contributed by atoms with Crippen LogP contribution in [0.25, 0.3) is 0 Å². The second-order valence-corrected chi connectivity index (χ2v) is 6.84. The van der Waals surface area contributed by atoms with Crippen LogP contribution in [0.5, 0.6) is 0 Å². The molecule has 1 aromatic carbocycles. The number of amides is 2. The first kappa shape index (κ1) is 18.4. The largest absolute Gasteiger partial charge is 0.480 e. The number of carboxylic acids is 1. The van der Waals surface area contributed by atoms with Gasteiger partial charge in [-0.25, -0.2) is 0 Å². The first-order valence-corrected chi connectivity index (χ1v) is 8.71. The summed E-state index contributed by atoms with van der Waals surface area (Å²) in [5.74, 6) is -1.30. The van der Waals surface area contributed by atoms with Gasteiger partial charge in [0.2, 0.25) is 5.91 Å². The maximum atomic E-state index is 12.6. The average molecular weight is 397 g/mol. The molecule has 1 atom stereocenters. The van der Waals surface area contributed by atoms with Gasteiger partial charge in [-0.15, -0.1) is 0 Å². The lowest BCUT2D eigenvalue weighted by Crippen LogP contribution is -2.43. The summed E-state index contributed by atoms with van der Waals surface area (Å²) in [7, 11) is 0. The Balaban J connectivity index is 2.05.